The third-order valence-electron chi connectivity index (χ3n) is 4.47. The molecule has 2 aromatic heterocycles. The van der Waals surface area contributed by atoms with E-state index in [0.29, 0.717) is 5.69 Å². The quantitative estimate of drug-likeness (QED) is 0.473. The molecule has 0 saturated heterocycles. The van der Waals surface area contributed by atoms with Crippen LogP contribution in [0.15, 0.2) is 73.2 Å². The molecule has 4 rings (SSSR count). The van der Waals surface area contributed by atoms with Crippen LogP contribution in [0.2, 0.25) is 0 Å². The number of rotatable bonds is 5. The van der Waals surface area contributed by atoms with Crippen molar-refractivity contribution in [1.29, 1.82) is 0 Å². The first-order valence-corrected chi connectivity index (χ1v) is 10.4. The van der Waals surface area contributed by atoms with E-state index in [1.54, 1.807) is 0 Å². The number of aromatic nitrogens is 3. The largest absolute Gasteiger partial charge is 0.289 e. The molecule has 0 radical (unpaired) electrons. The summed E-state index contributed by atoms with van der Waals surface area (Å²) in [7, 11) is 0. The topological polar surface area (TPSA) is 96.9 Å². The number of hydrogen-bond acceptors (Lipinski definition) is 6. The Labute approximate surface area is 183 Å². The van der Waals surface area contributed by atoms with Crippen molar-refractivity contribution in [3.63, 3.8) is 0 Å². The van der Waals surface area contributed by atoms with E-state index in [1.165, 1.54) is 29.9 Å². The number of carbonyl (C=O) groups excluding carboxylic acids is 2. The summed E-state index contributed by atoms with van der Waals surface area (Å²) in [5.74, 6) is -0.918. The Balaban J connectivity index is 1.54. The molecule has 0 aliphatic heterocycles. The van der Waals surface area contributed by atoms with Crippen LogP contribution in [-0.2, 0) is 11.2 Å². The molecular formula is C23H19N5O2S. The summed E-state index contributed by atoms with van der Waals surface area (Å²) >= 11 is 1.54. The van der Waals surface area contributed by atoms with Gasteiger partial charge in [0.05, 0.1) is 23.2 Å². The molecule has 4 aromatic rings. The molecule has 0 aliphatic rings. The van der Waals surface area contributed by atoms with E-state index >= 15 is 0 Å². The van der Waals surface area contributed by atoms with Crippen molar-refractivity contribution < 1.29 is 9.59 Å². The predicted molar refractivity (Wildman–Crippen MR) is 119 cm³/mol. The number of nitrogens with zero attached hydrogens (tertiary/aromatic N) is 3. The molecule has 2 amide bonds. The average Bonchev–Trinajstić information content (AvgIpc) is 3.23. The highest BCUT2D eigenvalue weighted by atomic mass is 32.1. The molecule has 154 valence electrons. The minimum Gasteiger partial charge on any atom is -0.273 e. The fourth-order valence-corrected chi connectivity index (χ4v) is 4.00. The zero-order valence-electron chi connectivity index (χ0n) is 16.7. The minimum absolute atomic E-state index is 0.0211. The van der Waals surface area contributed by atoms with Crippen LogP contribution in [0.25, 0.3) is 21.0 Å². The molecular weight excluding hydrogens is 410 g/mol. The maximum atomic E-state index is 12.5. The van der Waals surface area contributed by atoms with E-state index < -0.39 is 5.91 Å². The highest BCUT2D eigenvalue weighted by molar-refractivity contribution is 7.18. The van der Waals surface area contributed by atoms with Crippen LogP contribution in [0.5, 0.6) is 0 Å². The molecule has 8 heteroatoms. The maximum Gasteiger partial charge on any atom is 0.289 e. The van der Waals surface area contributed by atoms with Crippen molar-refractivity contribution in [1.82, 2.24) is 25.8 Å². The second-order valence-corrected chi connectivity index (χ2v) is 7.80. The number of carbonyl (C=O) groups is 2. The fraction of sp³-hybridized carbons (Fsp3) is 0.0870. The van der Waals surface area contributed by atoms with Crippen LogP contribution in [0.3, 0.4) is 0 Å². The first-order valence-electron chi connectivity index (χ1n) is 9.57. The van der Waals surface area contributed by atoms with Crippen LogP contribution >= 0.6 is 11.3 Å². The van der Waals surface area contributed by atoms with Gasteiger partial charge in [0, 0.05) is 18.0 Å². The highest BCUT2D eigenvalue weighted by Gasteiger charge is 2.18. The van der Waals surface area contributed by atoms with Gasteiger partial charge in [0.2, 0.25) is 5.91 Å². The van der Waals surface area contributed by atoms with E-state index in [0.717, 1.165) is 26.6 Å². The Morgan fingerprint density at radius 2 is 1.71 bits per heavy atom. The summed E-state index contributed by atoms with van der Waals surface area (Å²) < 4.78 is 0. The van der Waals surface area contributed by atoms with E-state index in [2.05, 4.69) is 20.8 Å². The van der Waals surface area contributed by atoms with Crippen LogP contribution in [0.1, 0.15) is 21.7 Å². The van der Waals surface area contributed by atoms with Gasteiger partial charge in [0.25, 0.3) is 5.91 Å². The van der Waals surface area contributed by atoms with Crippen LogP contribution in [0, 0.1) is 6.92 Å². The standard InChI is InChI=1S/C23H19N5O2S/c1-15-7-9-16(10-8-15)21-18(26-23(31-21)17-5-3-2-4-6-17)13-20(29)27-28-22(30)19-14-24-11-12-25-19/h2-12,14H,13H2,1H3,(H,27,29)(H,28,30). The number of nitrogens with one attached hydrogen (secondary N) is 2. The number of thiazole rings is 1. The van der Waals surface area contributed by atoms with E-state index in [4.69, 9.17) is 4.98 Å². The first-order chi connectivity index (χ1) is 15.1. The molecule has 2 aromatic carbocycles. The van der Waals surface area contributed by atoms with Gasteiger partial charge >= 0.3 is 0 Å². The zero-order chi connectivity index (χ0) is 21.6. The molecule has 2 heterocycles. The van der Waals surface area contributed by atoms with Gasteiger partial charge < -0.3 is 0 Å². The summed E-state index contributed by atoms with van der Waals surface area (Å²) in [6, 6.07) is 17.9. The summed E-state index contributed by atoms with van der Waals surface area (Å²) in [6.07, 6.45) is 4.22. The molecule has 0 unspecified atom stereocenters. The SMILES string of the molecule is Cc1ccc(-c2sc(-c3ccccc3)nc2CC(=O)NNC(=O)c2cnccn2)cc1. The Hall–Kier alpha value is -3.91. The van der Waals surface area contributed by atoms with E-state index in [9.17, 15) is 9.59 Å². The van der Waals surface area contributed by atoms with Gasteiger partial charge in [-0.25, -0.2) is 9.97 Å². The fourth-order valence-electron chi connectivity index (χ4n) is 2.91. The molecule has 7 nitrogen and oxygen atoms in total. The van der Waals surface area contributed by atoms with Crippen molar-refractivity contribution in [3.05, 3.63) is 90.1 Å². The van der Waals surface area contributed by atoms with Gasteiger partial charge in [-0.3, -0.25) is 25.4 Å². The Morgan fingerprint density at radius 3 is 2.42 bits per heavy atom. The summed E-state index contributed by atoms with van der Waals surface area (Å²) in [4.78, 5) is 38.0. The van der Waals surface area contributed by atoms with E-state index in [1.807, 2.05) is 61.5 Å². The summed E-state index contributed by atoms with van der Waals surface area (Å²) in [5, 5.41) is 0.836. The number of amides is 2. The predicted octanol–water partition coefficient (Wildman–Crippen LogP) is 3.58. The van der Waals surface area contributed by atoms with Crippen molar-refractivity contribution >= 4 is 23.2 Å². The lowest BCUT2D eigenvalue weighted by Gasteiger charge is -2.07. The van der Waals surface area contributed by atoms with E-state index in [-0.39, 0.29) is 18.0 Å². The highest BCUT2D eigenvalue weighted by Crippen LogP contribution is 2.35. The monoisotopic (exact) mass is 429 g/mol. The third-order valence-corrected chi connectivity index (χ3v) is 5.67. The molecule has 0 spiro atoms. The lowest BCUT2D eigenvalue weighted by atomic mass is 10.1. The second-order valence-electron chi connectivity index (χ2n) is 6.80. The number of aryl methyl sites for hydroxylation is 1. The van der Waals surface area contributed by atoms with Gasteiger partial charge in [-0.05, 0) is 12.5 Å². The lowest BCUT2D eigenvalue weighted by molar-refractivity contribution is -0.121. The number of benzene rings is 2. The van der Waals surface area contributed by atoms with Gasteiger partial charge in [-0.15, -0.1) is 11.3 Å². The molecule has 0 atom stereocenters. The normalized spacial score (nSPS) is 10.5. The Kier molecular flexibility index (Phi) is 6.09. The lowest BCUT2D eigenvalue weighted by Crippen LogP contribution is -2.42. The molecule has 2 N–H and O–H groups in total. The Morgan fingerprint density at radius 1 is 0.935 bits per heavy atom. The van der Waals surface area contributed by atoms with Crippen molar-refractivity contribution in [2.75, 3.05) is 0 Å². The summed E-state index contributed by atoms with van der Waals surface area (Å²) in [5.41, 5.74) is 8.69. The van der Waals surface area contributed by atoms with Gasteiger partial charge in [-0.1, -0.05) is 60.2 Å². The molecule has 0 aliphatic carbocycles. The first kappa shape index (κ1) is 20.4. The van der Waals surface area contributed by atoms with Gasteiger partial charge in [-0.2, -0.15) is 0 Å². The molecule has 31 heavy (non-hydrogen) atoms. The smallest absolute Gasteiger partial charge is 0.273 e. The minimum atomic E-state index is -0.538. The Bertz CT molecular complexity index is 1190. The van der Waals surface area contributed by atoms with Gasteiger partial charge in [0.1, 0.15) is 10.7 Å². The van der Waals surface area contributed by atoms with Crippen LogP contribution in [0.4, 0.5) is 0 Å². The van der Waals surface area contributed by atoms with Crippen LogP contribution in [-0.4, -0.2) is 26.8 Å². The summed E-state index contributed by atoms with van der Waals surface area (Å²) in [6.45, 7) is 2.03. The van der Waals surface area contributed by atoms with Crippen molar-refractivity contribution in [2.45, 2.75) is 13.3 Å². The maximum absolute atomic E-state index is 12.5. The zero-order valence-corrected chi connectivity index (χ0v) is 17.5. The molecule has 0 bridgehead atoms. The average molecular weight is 430 g/mol. The molecule has 0 saturated carbocycles. The third kappa shape index (κ3) is 4.99. The van der Waals surface area contributed by atoms with Crippen molar-refractivity contribution in [3.8, 4) is 21.0 Å². The second kappa shape index (κ2) is 9.27. The number of hydrogen-bond donors (Lipinski definition) is 2. The molecule has 0 fully saturated rings. The van der Waals surface area contributed by atoms with Crippen LogP contribution < -0.4 is 10.9 Å². The number of hydrazine groups is 1. The van der Waals surface area contributed by atoms with Gasteiger partial charge in [0.15, 0.2) is 0 Å². The van der Waals surface area contributed by atoms with Crippen molar-refractivity contribution in [2.24, 2.45) is 0 Å².